The van der Waals surface area contributed by atoms with E-state index >= 15 is 0 Å². The summed E-state index contributed by atoms with van der Waals surface area (Å²) in [6.07, 6.45) is 0. The van der Waals surface area contributed by atoms with Crippen LogP contribution in [0.25, 0.3) is 0 Å². The lowest BCUT2D eigenvalue weighted by Crippen LogP contribution is -2.15. The Morgan fingerprint density at radius 3 is 2.83 bits per heavy atom. The number of nitrogens with two attached hydrogens (primary N) is 1. The molecule has 92 valence electrons. The van der Waals surface area contributed by atoms with Gasteiger partial charge in [-0.25, -0.2) is 4.98 Å². The lowest BCUT2D eigenvalue weighted by molar-refractivity contribution is 0.102. The minimum Gasteiger partial charge on any atom is -0.399 e. The van der Waals surface area contributed by atoms with Gasteiger partial charge in [-0.1, -0.05) is 12.1 Å². The van der Waals surface area contributed by atoms with Crippen molar-refractivity contribution >= 4 is 17.4 Å². The maximum Gasteiger partial charge on any atom is 0.257 e. The lowest BCUT2D eigenvalue weighted by atomic mass is 10.1. The summed E-state index contributed by atoms with van der Waals surface area (Å²) >= 11 is 0. The van der Waals surface area contributed by atoms with E-state index in [1.54, 1.807) is 25.1 Å². The van der Waals surface area contributed by atoms with Crippen LogP contribution >= 0.6 is 0 Å². The minimum atomic E-state index is -0.642. The number of aromatic nitrogens is 1. The van der Waals surface area contributed by atoms with E-state index in [-0.39, 0.29) is 11.7 Å². The molecule has 2 aromatic rings. The monoisotopic (exact) mass is 245 g/mol. The van der Waals surface area contributed by atoms with E-state index in [1.807, 2.05) is 0 Å². The van der Waals surface area contributed by atoms with Crippen LogP contribution in [0.2, 0.25) is 0 Å². The second-order valence-corrected chi connectivity index (χ2v) is 3.87. The summed E-state index contributed by atoms with van der Waals surface area (Å²) in [6.45, 7) is 1.80. The Hall–Kier alpha value is -2.43. The van der Waals surface area contributed by atoms with Crippen LogP contribution in [0.3, 0.4) is 0 Å². The van der Waals surface area contributed by atoms with Crippen molar-refractivity contribution in [2.75, 3.05) is 11.1 Å². The number of pyridine rings is 1. The van der Waals surface area contributed by atoms with Crippen molar-refractivity contribution in [3.8, 4) is 0 Å². The molecule has 5 heteroatoms. The average molecular weight is 245 g/mol. The van der Waals surface area contributed by atoms with Gasteiger partial charge in [-0.15, -0.1) is 0 Å². The number of rotatable bonds is 2. The third-order valence-electron chi connectivity index (χ3n) is 2.46. The van der Waals surface area contributed by atoms with Gasteiger partial charge >= 0.3 is 0 Å². The predicted octanol–water partition coefficient (Wildman–Crippen LogP) is 2.36. The number of halogens is 1. The first-order valence-electron chi connectivity index (χ1n) is 5.36. The Kier molecular flexibility index (Phi) is 3.23. The Bertz CT molecular complexity index is 599. The summed E-state index contributed by atoms with van der Waals surface area (Å²) in [5.41, 5.74) is 7.36. The number of aryl methyl sites for hydroxylation is 1. The fourth-order valence-corrected chi connectivity index (χ4v) is 1.55. The van der Waals surface area contributed by atoms with Crippen LogP contribution < -0.4 is 11.1 Å². The molecule has 0 aliphatic rings. The number of hydrogen-bond donors (Lipinski definition) is 2. The third-order valence-corrected chi connectivity index (χ3v) is 2.46. The quantitative estimate of drug-likeness (QED) is 0.630. The van der Waals surface area contributed by atoms with E-state index in [2.05, 4.69) is 10.3 Å². The molecule has 0 aliphatic carbocycles. The van der Waals surface area contributed by atoms with Gasteiger partial charge < -0.3 is 11.1 Å². The fraction of sp³-hybridized carbons (Fsp3) is 0.0769. The summed E-state index contributed by atoms with van der Waals surface area (Å²) in [5.74, 6) is -0.836. The number of carbonyl (C=O) groups is 1. The first kappa shape index (κ1) is 12.0. The molecule has 0 saturated carbocycles. The zero-order valence-electron chi connectivity index (χ0n) is 9.77. The number of benzene rings is 1. The number of carbonyl (C=O) groups excluding carboxylic acids is 1. The summed E-state index contributed by atoms with van der Waals surface area (Å²) in [7, 11) is 0. The topological polar surface area (TPSA) is 68.0 Å². The van der Waals surface area contributed by atoms with Crippen molar-refractivity contribution in [3.05, 3.63) is 53.5 Å². The maximum absolute atomic E-state index is 12.9. The molecule has 0 spiro atoms. The molecule has 0 atom stereocenters. The van der Waals surface area contributed by atoms with Crippen molar-refractivity contribution in [2.45, 2.75) is 6.92 Å². The molecule has 2 rings (SSSR count). The van der Waals surface area contributed by atoms with Crippen molar-refractivity contribution in [1.29, 1.82) is 0 Å². The summed E-state index contributed by atoms with van der Waals surface area (Å²) < 4.78 is 12.9. The van der Waals surface area contributed by atoms with E-state index < -0.39 is 5.95 Å². The van der Waals surface area contributed by atoms with Crippen LogP contribution in [-0.2, 0) is 0 Å². The van der Waals surface area contributed by atoms with Gasteiger partial charge in [0.15, 0.2) is 0 Å². The molecular weight excluding hydrogens is 233 g/mol. The van der Waals surface area contributed by atoms with Gasteiger partial charge in [0.05, 0.1) is 0 Å². The number of nitrogen functional groups attached to an aromatic ring is 1. The maximum atomic E-state index is 12.9. The molecule has 0 saturated heterocycles. The minimum absolute atomic E-state index is 0.168. The molecule has 0 aliphatic heterocycles. The number of anilines is 2. The van der Waals surface area contributed by atoms with Crippen molar-refractivity contribution in [2.24, 2.45) is 0 Å². The predicted molar refractivity (Wildman–Crippen MR) is 67.7 cm³/mol. The summed E-state index contributed by atoms with van der Waals surface area (Å²) in [6, 6.07) is 9.24. The molecule has 18 heavy (non-hydrogen) atoms. The van der Waals surface area contributed by atoms with Crippen LogP contribution in [0.4, 0.5) is 15.9 Å². The SMILES string of the molecule is Cc1ccc(N)cc1C(=O)Nc1cccc(F)n1. The molecule has 1 aromatic heterocycles. The highest BCUT2D eigenvalue weighted by Gasteiger charge is 2.10. The molecule has 0 fully saturated rings. The normalized spacial score (nSPS) is 10.1. The van der Waals surface area contributed by atoms with Crippen LogP contribution in [0.5, 0.6) is 0 Å². The first-order chi connectivity index (χ1) is 8.56. The van der Waals surface area contributed by atoms with Gasteiger partial charge in [0.1, 0.15) is 5.82 Å². The van der Waals surface area contributed by atoms with Crippen LogP contribution in [0.1, 0.15) is 15.9 Å². The Morgan fingerprint density at radius 2 is 2.11 bits per heavy atom. The van der Waals surface area contributed by atoms with E-state index in [9.17, 15) is 9.18 Å². The second-order valence-electron chi connectivity index (χ2n) is 3.87. The van der Waals surface area contributed by atoms with Gasteiger partial charge in [0.2, 0.25) is 5.95 Å². The Balaban J connectivity index is 2.24. The largest absolute Gasteiger partial charge is 0.399 e. The van der Waals surface area contributed by atoms with Gasteiger partial charge in [0, 0.05) is 11.3 Å². The molecule has 1 aromatic carbocycles. The van der Waals surface area contributed by atoms with Crippen molar-refractivity contribution < 1.29 is 9.18 Å². The molecule has 0 unspecified atom stereocenters. The number of amides is 1. The zero-order chi connectivity index (χ0) is 13.1. The Labute approximate surface area is 104 Å². The summed E-state index contributed by atoms with van der Waals surface area (Å²) in [5, 5.41) is 2.52. The highest BCUT2D eigenvalue weighted by atomic mass is 19.1. The molecule has 1 heterocycles. The van der Waals surface area contributed by atoms with Crippen molar-refractivity contribution in [3.63, 3.8) is 0 Å². The fourth-order valence-electron chi connectivity index (χ4n) is 1.55. The molecule has 1 amide bonds. The van der Waals surface area contributed by atoms with Crippen LogP contribution in [0, 0.1) is 12.9 Å². The smallest absolute Gasteiger partial charge is 0.257 e. The summed E-state index contributed by atoms with van der Waals surface area (Å²) in [4.78, 5) is 15.5. The van der Waals surface area contributed by atoms with E-state index in [0.29, 0.717) is 11.3 Å². The van der Waals surface area contributed by atoms with Crippen LogP contribution in [-0.4, -0.2) is 10.9 Å². The number of nitrogens with one attached hydrogen (secondary N) is 1. The van der Waals surface area contributed by atoms with Crippen molar-refractivity contribution in [1.82, 2.24) is 4.98 Å². The highest BCUT2D eigenvalue weighted by molar-refractivity contribution is 6.05. The standard InChI is InChI=1S/C13H12FN3O/c1-8-5-6-9(15)7-10(8)13(18)17-12-4-2-3-11(14)16-12/h2-7H,15H2,1H3,(H,16,17,18). The van der Waals surface area contributed by atoms with Gasteiger partial charge in [-0.05, 0) is 36.8 Å². The molecule has 0 bridgehead atoms. The molecule has 4 nitrogen and oxygen atoms in total. The van der Waals surface area contributed by atoms with E-state index in [4.69, 9.17) is 5.73 Å². The average Bonchev–Trinajstić information content (AvgIpc) is 2.32. The van der Waals surface area contributed by atoms with Gasteiger partial charge in [-0.2, -0.15) is 4.39 Å². The third kappa shape index (κ3) is 2.63. The number of hydrogen-bond acceptors (Lipinski definition) is 3. The molecule has 0 radical (unpaired) electrons. The first-order valence-corrected chi connectivity index (χ1v) is 5.36. The van der Waals surface area contributed by atoms with Gasteiger partial charge in [-0.3, -0.25) is 4.79 Å². The lowest BCUT2D eigenvalue weighted by Gasteiger charge is -2.07. The van der Waals surface area contributed by atoms with E-state index in [1.165, 1.54) is 18.2 Å². The van der Waals surface area contributed by atoms with Gasteiger partial charge in [0.25, 0.3) is 5.91 Å². The molecule has 3 N–H and O–H groups in total. The number of nitrogens with zero attached hydrogens (tertiary/aromatic N) is 1. The zero-order valence-corrected chi connectivity index (χ0v) is 9.77. The second kappa shape index (κ2) is 4.83. The highest BCUT2D eigenvalue weighted by Crippen LogP contribution is 2.14. The Morgan fingerprint density at radius 1 is 1.33 bits per heavy atom. The molecular formula is C13H12FN3O. The van der Waals surface area contributed by atoms with Crippen LogP contribution in [0.15, 0.2) is 36.4 Å². The van der Waals surface area contributed by atoms with E-state index in [0.717, 1.165) is 5.56 Å².